The number of hydrogen-bond acceptors (Lipinski definition) is 4. The van der Waals surface area contributed by atoms with Gasteiger partial charge in [-0.25, -0.2) is 9.69 Å². The van der Waals surface area contributed by atoms with Gasteiger partial charge < -0.3 is 0 Å². The molecular weight excluding hydrogens is 190 g/mol. The van der Waals surface area contributed by atoms with Gasteiger partial charge in [-0.2, -0.15) is 0 Å². The standard InChI is InChI=1S/C7H7N3O4/c11-5-1-2-6(12)10(5)4-9-3-7(13)14-8-9/h3H,1-2,4H2/p+1. The molecular formula is C7H8N3O4+. The van der Waals surface area contributed by atoms with Gasteiger partial charge in [0.2, 0.25) is 11.8 Å². The maximum Gasteiger partial charge on any atom is 0.426 e. The first-order valence-corrected chi connectivity index (χ1v) is 4.08. The van der Waals surface area contributed by atoms with Crippen molar-refractivity contribution in [1.29, 1.82) is 0 Å². The summed E-state index contributed by atoms with van der Waals surface area (Å²) in [6, 6.07) is 0. The number of aromatic nitrogens is 2. The Morgan fingerprint density at radius 2 is 2.00 bits per heavy atom. The Hall–Kier alpha value is -1.92. The molecule has 0 radical (unpaired) electrons. The van der Waals surface area contributed by atoms with Crippen LogP contribution in [-0.2, 0) is 16.3 Å². The van der Waals surface area contributed by atoms with Crippen LogP contribution in [0.3, 0.4) is 0 Å². The molecule has 1 aliphatic rings. The Morgan fingerprint density at radius 1 is 1.36 bits per heavy atom. The van der Waals surface area contributed by atoms with E-state index in [1.807, 2.05) is 0 Å². The van der Waals surface area contributed by atoms with Crippen molar-refractivity contribution in [3.8, 4) is 0 Å². The lowest BCUT2D eigenvalue weighted by Crippen LogP contribution is -2.47. The number of nitrogens with one attached hydrogen (secondary N) is 1. The van der Waals surface area contributed by atoms with Gasteiger partial charge in [-0.15, -0.1) is 0 Å². The van der Waals surface area contributed by atoms with E-state index >= 15 is 0 Å². The van der Waals surface area contributed by atoms with Crippen LogP contribution in [-0.4, -0.2) is 22.0 Å². The zero-order valence-electron chi connectivity index (χ0n) is 7.23. The molecule has 1 N–H and O–H groups in total. The van der Waals surface area contributed by atoms with E-state index in [1.165, 1.54) is 4.68 Å². The van der Waals surface area contributed by atoms with Gasteiger partial charge in [0.25, 0.3) is 12.9 Å². The number of nitrogens with zero attached hydrogens (tertiary/aromatic N) is 2. The molecule has 74 valence electrons. The third kappa shape index (κ3) is 1.43. The number of amides is 2. The predicted molar refractivity (Wildman–Crippen MR) is 40.6 cm³/mol. The zero-order valence-corrected chi connectivity index (χ0v) is 7.23. The molecule has 2 heterocycles. The molecule has 7 nitrogen and oxygen atoms in total. The molecule has 2 amide bonds. The summed E-state index contributed by atoms with van der Waals surface area (Å²) < 4.78 is 5.62. The Morgan fingerprint density at radius 3 is 2.50 bits per heavy atom. The summed E-state index contributed by atoms with van der Waals surface area (Å²) in [4.78, 5) is 34.0. The van der Waals surface area contributed by atoms with Gasteiger partial charge in [0.15, 0.2) is 0 Å². The molecule has 0 aliphatic carbocycles. The topological polar surface area (TPSA) is 87.3 Å². The Balaban J connectivity index is 2.14. The molecule has 0 spiro atoms. The summed E-state index contributed by atoms with van der Waals surface area (Å²) in [7, 11) is 0. The summed E-state index contributed by atoms with van der Waals surface area (Å²) in [5.41, 5.74) is -0.552. The molecule has 1 fully saturated rings. The number of aromatic amines is 1. The van der Waals surface area contributed by atoms with Gasteiger partial charge in [0.1, 0.15) is 0 Å². The van der Waals surface area contributed by atoms with Crippen molar-refractivity contribution < 1.29 is 18.8 Å². The van der Waals surface area contributed by atoms with Crippen molar-refractivity contribution in [2.24, 2.45) is 0 Å². The quantitative estimate of drug-likeness (QED) is 0.456. The fourth-order valence-electron chi connectivity index (χ4n) is 1.29. The van der Waals surface area contributed by atoms with Crippen LogP contribution in [0.25, 0.3) is 0 Å². The third-order valence-electron chi connectivity index (χ3n) is 1.97. The molecule has 0 saturated carbocycles. The average Bonchev–Trinajstić information content (AvgIpc) is 2.67. The third-order valence-corrected chi connectivity index (χ3v) is 1.97. The second-order valence-electron chi connectivity index (χ2n) is 2.97. The van der Waals surface area contributed by atoms with Gasteiger partial charge in [-0.1, -0.05) is 4.68 Å². The van der Waals surface area contributed by atoms with Gasteiger partial charge in [-0.05, 0) is 5.27 Å². The number of hydrogen-bond donors (Lipinski definition) is 1. The Kier molecular flexibility index (Phi) is 1.91. The largest absolute Gasteiger partial charge is 0.426 e. The van der Waals surface area contributed by atoms with Gasteiger partial charge in [0.05, 0.1) is 0 Å². The summed E-state index contributed by atoms with van der Waals surface area (Å²) in [5.74, 6) is -0.464. The van der Waals surface area contributed by atoms with Crippen LogP contribution in [0, 0.1) is 0 Å². The van der Waals surface area contributed by atoms with Crippen LogP contribution in [0.15, 0.2) is 15.5 Å². The number of rotatable bonds is 2. The molecule has 1 aromatic heterocycles. The highest BCUT2D eigenvalue weighted by Gasteiger charge is 2.32. The summed E-state index contributed by atoms with van der Waals surface area (Å²) in [6.45, 7) is 0.00338. The lowest BCUT2D eigenvalue weighted by molar-refractivity contribution is -0.773. The van der Waals surface area contributed by atoms with E-state index in [-0.39, 0.29) is 31.3 Å². The van der Waals surface area contributed by atoms with Gasteiger partial charge in [0, 0.05) is 12.8 Å². The molecule has 1 aliphatic heterocycles. The highest BCUT2D eigenvalue weighted by atomic mass is 16.5. The van der Waals surface area contributed by atoms with E-state index in [0.717, 1.165) is 11.1 Å². The average molecular weight is 198 g/mol. The van der Waals surface area contributed by atoms with Crippen molar-refractivity contribution in [2.45, 2.75) is 19.5 Å². The number of carbonyl (C=O) groups excluding carboxylic acids is 2. The molecule has 0 aromatic carbocycles. The van der Waals surface area contributed by atoms with E-state index < -0.39 is 5.63 Å². The van der Waals surface area contributed by atoms with E-state index in [9.17, 15) is 14.4 Å². The second-order valence-corrected chi connectivity index (χ2v) is 2.97. The summed E-state index contributed by atoms with van der Waals surface area (Å²) in [6.07, 6.45) is 1.61. The number of carbonyl (C=O) groups is 2. The fourth-order valence-corrected chi connectivity index (χ4v) is 1.29. The minimum absolute atomic E-state index is 0.00338. The smallest absolute Gasteiger partial charge is 0.284 e. The predicted octanol–water partition coefficient (Wildman–Crippen LogP) is -1.64. The molecule has 7 heteroatoms. The van der Waals surface area contributed by atoms with E-state index in [0.29, 0.717) is 0 Å². The lowest BCUT2D eigenvalue weighted by Gasteiger charge is -2.05. The summed E-state index contributed by atoms with van der Waals surface area (Å²) >= 11 is 0. The van der Waals surface area contributed by atoms with Crippen LogP contribution in [0.4, 0.5) is 0 Å². The van der Waals surface area contributed by atoms with E-state index in [2.05, 4.69) is 9.79 Å². The molecule has 2 rings (SSSR count). The number of imide groups is 1. The molecule has 1 aromatic rings. The highest BCUT2D eigenvalue weighted by molar-refractivity contribution is 6.01. The molecule has 0 unspecified atom stereocenters. The number of H-pyrrole nitrogens is 1. The Bertz CT molecular complexity index is 416. The second kappa shape index (κ2) is 3.09. The molecule has 14 heavy (non-hydrogen) atoms. The maximum absolute atomic E-state index is 11.2. The van der Waals surface area contributed by atoms with Crippen molar-refractivity contribution >= 4 is 11.8 Å². The van der Waals surface area contributed by atoms with Crippen LogP contribution in [0.5, 0.6) is 0 Å². The minimum atomic E-state index is -0.552. The zero-order chi connectivity index (χ0) is 10.1. The maximum atomic E-state index is 11.2. The first-order valence-electron chi connectivity index (χ1n) is 4.08. The first kappa shape index (κ1) is 8.67. The Labute approximate surface area is 77.9 Å². The molecule has 0 atom stereocenters. The van der Waals surface area contributed by atoms with E-state index in [1.54, 1.807) is 0 Å². The SMILES string of the molecule is O=C1CCC(=O)N1C[n+]1cc(=O)o[nH]1. The van der Waals surface area contributed by atoms with Gasteiger partial charge >= 0.3 is 5.63 Å². The number of likely N-dealkylation sites (tertiary alicyclic amines) is 1. The van der Waals surface area contributed by atoms with Crippen molar-refractivity contribution in [2.75, 3.05) is 0 Å². The van der Waals surface area contributed by atoms with Crippen molar-refractivity contribution in [3.05, 3.63) is 16.6 Å². The van der Waals surface area contributed by atoms with Crippen LogP contribution < -0.4 is 10.3 Å². The van der Waals surface area contributed by atoms with Crippen LogP contribution >= 0.6 is 0 Å². The normalized spacial score (nSPS) is 16.7. The van der Waals surface area contributed by atoms with Crippen LogP contribution in [0.2, 0.25) is 0 Å². The first-order chi connectivity index (χ1) is 6.66. The summed E-state index contributed by atoms with van der Waals surface area (Å²) in [5, 5.41) is 2.26. The van der Waals surface area contributed by atoms with Crippen molar-refractivity contribution in [1.82, 2.24) is 10.2 Å². The minimum Gasteiger partial charge on any atom is -0.284 e. The lowest BCUT2D eigenvalue weighted by atomic mass is 10.4. The highest BCUT2D eigenvalue weighted by Crippen LogP contribution is 2.10. The monoisotopic (exact) mass is 198 g/mol. The van der Waals surface area contributed by atoms with Crippen LogP contribution in [0.1, 0.15) is 12.8 Å². The molecule has 0 bridgehead atoms. The van der Waals surface area contributed by atoms with Gasteiger partial charge in [-0.3, -0.25) is 14.1 Å². The van der Waals surface area contributed by atoms with E-state index in [4.69, 9.17) is 0 Å². The fraction of sp³-hybridized carbons (Fsp3) is 0.429. The molecule has 1 saturated heterocycles. The van der Waals surface area contributed by atoms with Crippen molar-refractivity contribution in [3.63, 3.8) is 0 Å².